The Balaban J connectivity index is 2.30. The topological polar surface area (TPSA) is 17.8 Å². The van der Waals surface area contributed by atoms with Gasteiger partial charge in [-0.25, -0.2) is 4.98 Å². The summed E-state index contributed by atoms with van der Waals surface area (Å²) in [5.74, 6) is 0. The summed E-state index contributed by atoms with van der Waals surface area (Å²) in [7, 11) is 1.99. The van der Waals surface area contributed by atoms with Crippen molar-refractivity contribution in [2.24, 2.45) is 7.05 Å². The molecule has 0 aliphatic heterocycles. The third kappa shape index (κ3) is 1.33. The molecule has 0 bridgehead atoms. The van der Waals surface area contributed by atoms with Crippen LogP contribution in [0.15, 0.2) is 30.8 Å². The smallest absolute Gasteiger partial charge is 0.0951 e. The van der Waals surface area contributed by atoms with Gasteiger partial charge in [-0.3, -0.25) is 0 Å². The maximum Gasteiger partial charge on any atom is 0.0951 e. The molecule has 1 aliphatic rings. The minimum Gasteiger partial charge on any atom is -0.340 e. The zero-order chi connectivity index (χ0) is 8.39. The highest BCUT2D eigenvalue weighted by Gasteiger charge is 2.02. The first-order chi connectivity index (χ1) is 5.86. The second-order valence-corrected chi connectivity index (χ2v) is 3.06. The molecule has 0 unspecified atom stereocenters. The summed E-state index contributed by atoms with van der Waals surface area (Å²) < 4.78 is 1.97. The Morgan fingerprint density at radius 1 is 1.42 bits per heavy atom. The van der Waals surface area contributed by atoms with Crippen LogP contribution in [-0.4, -0.2) is 9.55 Å². The molecular weight excluding hydrogens is 148 g/mol. The lowest BCUT2D eigenvalue weighted by Gasteiger charge is -2.02. The molecule has 2 nitrogen and oxygen atoms in total. The van der Waals surface area contributed by atoms with Crippen molar-refractivity contribution in [1.29, 1.82) is 0 Å². The monoisotopic (exact) mass is 160 g/mol. The molecule has 0 fully saturated rings. The summed E-state index contributed by atoms with van der Waals surface area (Å²) in [5, 5.41) is 0. The molecule has 0 aromatic carbocycles. The van der Waals surface area contributed by atoms with Crippen molar-refractivity contribution in [2.75, 3.05) is 0 Å². The fraction of sp³-hybridized carbons (Fsp3) is 0.300. The van der Waals surface area contributed by atoms with E-state index in [9.17, 15) is 0 Å². The van der Waals surface area contributed by atoms with Gasteiger partial charge in [0.2, 0.25) is 0 Å². The molecule has 0 spiro atoms. The first kappa shape index (κ1) is 7.35. The van der Waals surface area contributed by atoms with Gasteiger partial charge in [-0.1, -0.05) is 18.2 Å². The second kappa shape index (κ2) is 2.97. The fourth-order valence-electron chi connectivity index (χ4n) is 1.37. The molecule has 62 valence electrons. The summed E-state index contributed by atoms with van der Waals surface area (Å²) in [6.45, 7) is 0. The zero-order valence-corrected chi connectivity index (χ0v) is 7.20. The van der Waals surface area contributed by atoms with E-state index in [1.54, 1.807) is 0 Å². The molecule has 0 N–H and O–H groups in total. The first-order valence-electron chi connectivity index (χ1n) is 4.21. The van der Waals surface area contributed by atoms with Crippen LogP contribution in [0.1, 0.15) is 18.5 Å². The Morgan fingerprint density at radius 3 is 2.92 bits per heavy atom. The van der Waals surface area contributed by atoms with Crippen molar-refractivity contribution >= 4 is 5.57 Å². The SMILES string of the molecule is Cn1cnc(C2=CCCC=C2)c1. The number of rotatable bonds is 1. The number of aryl methyl sites for hydroxylation is 1. The lowest BCUT2D eigenvalue weighted by Crippen LogP contribution is -1.85. The number of nitrogens with zero attached hydrogens (tertiary/aromatic N) is 2. The van der Waals surface area contributed by atoms with Crippen LogP contribution in [0.3, 0.4) is 0 Å². The molecule has 2 heteroatoms. The average molecular weight is 160 g/mol. The van der Waals surface area contributed by atoms with Crippen molar-refractivity contribution in [3.8, 4) is 0 Å². The van der Waals surface area contributed by atoms with Crippen molar-refractivity contribution in [2.45, 2.75) is 12.8 Å². The molecular formula is C10H12N2. The van der Waals surface area contributed by atoms with E-state index in [1.165, 1.54) is 5.57 Å². The summed E-state index contributed by atoms with van der Waals surface area (Å²) in [5.41, 5.74) is 2.33. The lowest BCUT2D eigenvalue weighted by molar-refractivity contribution is 0.913. The van der Waals surface area contributed by atoms with Crippen LogP contribution >= 0.6 is 0 Å². The minimum absolute atomic E-state index is 1.08. The van der Waals surface area contributed by atoms with Gasteiger partial charge in [0, 0.05) is 13.2 Å². The van der Waals surface area contributed by atoms with Gasteiger partial charge in [0.25, 0.3) is 0 Å². The van der Waals surface area contributed by atoms with Crippen molar-refractivity contribution in [3.63, 3.8) is 0 Å². The second-order valence-electron chi connectivity index (χ2n) is 3.06. The van der Waals surface area contributed by atoms with Crippen LogP contribution < -0.4 is 0 Å². The standard InChI is InChI=1S/C10H12N2/c1-12-7-10(11-8-12)9-5-3-2-4-6-9/h3,5-8H,2,4H2,1H3. The molecule has 1 aromatic heterocycles. The van der Waals surface area contributed by atoms with Gasteiger partial charge in [-0.05, 0) is 18.4 Å². The molecule has 12 heavy (non-hydrogen) atoms. The van der Waals surface area contributed by atoms with E-state index in [-0.39, 0.29) is 0 Å². The first-order valence-corrected chi connectivity index (χ1v) is 4.21. The molecule has 0 saturated carbocycles. The van der Waals surface area contributed by atoms with Gasteiger partial charge in [-0.15, -0.1) is 0 Å². The fourth-order valence-corrected chi connectivity index (χ4v) is 1.37. The van der Waals surface area contributed by atoms with Crippen LogP contribution in [0.5, 0.6) is 0 Å². The van der Waals surface area contributed by atoms with Gasteiger partial charge in [0.1, 0.15) is 0 Å². The highest BCUT2D eigenvalue weighted by Crippen LogP contribution is 2.18. The van der Waals surface area contributed by atoms with Crippen LogP contribution in [0.2, 0.25) is 0 Å². The van der Waals surface area contributed by atoms with Gasteiger partial charge in [-0.2, -0.15) is 0 Å². The third-order valence-electron chi connectivity index (χ3n) is 2.00. The van der Waals surface area contributed by atoms with E-state index >= 15 is 0 Å². The van der Waals surface area contributed by atoms with Gasteiger partial charge in [0.15, 0.2) is 0 Å². The predicted molar refractivity (Wildman–Crippen MR) is 49.6 cm³/mol. The predicted octanol–water partition coefficient (Wildman–Crippen LogP) is 2.15. The maximum atomic E-state index is 4.28. The van der Waals surface area contributed by atoms with E-state index in [4.69, 9.17) is 0 Å². The van der Waals surface area contributed by atoms with E-state index in [1.807, 2.05) is 24.1 Å². The molecule has 2 rings (SSSR count). The molecule has 1 heterocycles. The van der Waals surface area contributed by atoms with Crippen LogP contribution in [-0.2, 0) is 7.05 Å². The normalized spacial score (nSPS) is 16.2. The van der Waals surface area contributed by atoms with Crippen molar-refractivity contribution in [1.82, 2.24) is 9.55 Å². The van der Waals surface area contributed by atoms with Crippen molar-refractivity contribution in [3.05, 3.63) is 36.4 Å². The molecule has 1 aliphatic carbocycles. The highest BCUT2D eigenvalue weighted by atomic mass is 15.0. The quantitative estimate of drug-likeness (QED) is 0.615. The minimum atomic E-state index is 1.08. The van der Waals surface area contributed by atoms with Gasteiger partial charge in [0.05, 0.1) is 12.0 Å². The number of hydrogen-bond donors (Lipinski definition) is 0. The van der Waals surface area contributed by atoms with Crippen LogP contribution in [0.25, 0.3) is 5.57 Å². The lowest BCUT2D eigenvalue weighted by atomic mass is 10.1. The molecule has 0 saturated heterocycles. The Morgan fingerprint density at radius 2 is 2.33 bits per heavy atom. The average Bonchev–Trinajstić information content (AvgIpc) is 2.54. The summed E-state index contributed by atoms with van der Waals surface area (Å²) in [6, 6.07) is 0. The van der Waals surface area contributed by atoms with E-state index in [2.05, 4.69) is 23.2 Å². The molecule has 0 radical (unpaired) electrons. The summed E-state index contributed by atoms with van der Waals surface area (Å²) >= 11 is 0. The molecule has 0 atom stereocenters. The number of allylic oxidation sites excluding steroid dienone is 4. The largest absolute Gasteiger partial charge is 0.340 e. The Kier molecular flexibility index (Phi) is 1.82. The Labute approximate surface area is 72.2 Å². The zero-order valence-electron chi connectivity index (χ0n) is 7.20. The molecule has 1 aromatic rings. The maximum absolute atomic E-state index is 4.28. The summed E-state index contributed by atoms with van der Waals surface area (Å²) in [6.07, 6.45) is 12.8. The number of aromatic nitrogens is 2. The summed E-state index contributed by atoms with van der Waals surface area (Å²) in [4.78, 5) is 4.28. The number of imidazole rings is 1. The van der Waals surface area contributed by atoms with E-state index in [0.717, 1.165) is 18.5 Å². The Hall–Kier alpha value is -1.31. The van der Waals surface area contributed by atoms with E-state index in [0.29, 0.717) is 0 Å². The number of hydrogen-bond acceptors (Lipinski definition) is 1. The van der Waals surface area contributed by atoms with Gasteiger partial charge >= 0.3 is 0 Å². The van der Waals surface area contributed by atoms with Crippen LogP contribution in [0, 0.1) is 0 Å². The third-order valence-corrected chi connectivity index (χ3v) is 2.00. The van der Waals surface area contributed by atoms with Crippen LogP contribution in [0.4, 0.5) is 0 Å². The van der Waals surface area contributed by atoms with E-state index < -0.39 is 0 Å². The Bertz CT molecular complexity index is 331. The molecule has 0 amide bonds. The highest BCUT2D eigenvalue weighted by molar-refractivity contribution is 5.71. The van der Waals surface area contributed by atoms with Crippen molar-refractivity contribution < 1.29 is 0 Å². The van der Waals surface area contributed by atoms with Gasteiger partial charge < -0.3 is 4.57 Å².